The van der Waals surface area contributed by atoms with Crippen LogP contribution in [0, 0.1) is 5.92 Å². The Morgan fingerprint density at radius 1 is 0.923 bits per heavy atom. The maximum Gasteiger partial charge on any atom is 0.337 e. The zero-order chi connectivity index (χ0) is 27.7. The lowest BCUT2D eigenvalue weighted by molar-refractivity contribution is -0.143. The van der Waals surface area contributed by atoms with Gasteiger partial charge in [0, 0.05) is 19.5 Å². The highest BCUT2D eigenvalue weighted by Gasteiger charge is 2.14. The summed E-state index contributed by atoms with van der Waals surface area (Å²) in [5, 5.41) is 0. The number of rotatable bonds is 17. The SMILES string of the molecule is CCOC(=O)CCCCN(CCc1ccccc1OCCCC1CCCCC1)Cc1ccc(C(=O)OC)cc1. The van der Waals surface area contributed by atoms with Gasteiger partial charge in [-0.2, -0.15) is 0 Å². The lowest BCUT2D eigenvalue weighted by Gasteiger charge is -2.23. The van der Waals surface area contributed by atoms with Crippen LogP contribution in [0.4, 0.5) is 0 Å². The van der Waals surface area contributed by atoms with Crippen LogP contribution in [0.5, 0.6) is 5.75 Å². The van der Waals surface area contributed by atoms with Gasteiger partial charge in [-0.25, -0.2) is 4.79 Å². The average Bonchev–Trinajstić information content (AvgIpc) is 2.97. The number of esters is 2. The fourth-order valence-corrected chi connectivity index (χ4v) is 5.39. The molecule has 214 valence electrons. The van der Waals surface area contributed by atoms with Crippen LogP contribution < -0.4 is 4.74 Å². The van der Waals surface area contributed by atoms with Crippen LogP contribution in [-0.2, 0) is 27.2 Å². The molecule has 1 aliphatic rings. The number of unbranched alkanes of at least 4 members (excludes halogenated alkanes) is 1. The van der Waals surface area contributed by atoms with E-state index in [1.165, 1.54) is 51.2 Å². The number of nitrogens with zero attached hydrogens (tertiary/aromatic N) is 1. The van der Waals surface area contributed by atoms with Crippen molar-refractivity contribution >= 4 is 11.9 Å². The molecule has 6 heteroatoms. The first-order valence-electron chi connectivity index (χ1n) is 14.8. The van der Waals surface area contributed by atoms with E-state index in [2.05, 4.69) is 29.2 Å². The van der Waals surface area contributed by atoms with Gasteiger partial charge in [-0.3, -0.25) is 9.69 Å². The molecule has 0 aliphatic heterocycles. The highest BCUT2D eigenvalue weighted by molar-refractivity contribution is 5.89. The second-order valence-electron chi connectivity index (χ2n) is 10.6. The van der Waals surface area contributed by atoms with Crippen molar-refractivity contribution in [3.8, 4) is 5.75 Å². The molecule has 3 rings (SSSR count). The number of hydrogen-bond acceptors (Lipinski definition) is 6. The third-order valence-electron chi connectivity index (χ3n) is 7.60. The molecule has 0 atom stereocenters. The van der Waals surface area contributed by atoms with Crippen LogP contribution in [0.25, 0.3) is 0 Å². The minimum absolute atomic E-state index is 0.128. The van der Waals surface area contributed by atoms with Gasteiger partial charge < -0.3 is 14.2 Å². The average molecular weight is 538 g/mol. The third kappa shape index (κ3) is 11.4. The quantitative estimate of drug-likeness (QED) is 0.160. The number of para-hydroxylation sites is 1. The summed E-state index contributed by atoms with van der Waals surface area (Å²) in [6, 6.07) is 16.0. The summed E-state index contributed by atoms with van der Waals surface area (Å²) in [5.74, 6) is 1.42. The standard InChI is InChI=1S/C33H47NO5/c1-3-38-32(35)17-9-10-23-34(26-28-18-20-30(21-19-28)33(36)37-2)24-22-29-15-7-8-16-31(29)39-25-11-14-27-12-5-4-6-13-27/h7-8,15-16,18-21,27H,3-6,9-14,17,22-26H2,1-2H3. The second kappa shape index (κ2) is 17.7. The molecule has 6 nitrogen and oxygen atoms in total. The Bertz CT molecular complexity index is 984. The van der Waals surface area contributed by atoms with Crippen molar-refractivity contribution in [1.29, 1.82) is 0 Å². The molecule has 0 radical (unpaired) electrons. The van der Waals surface area contributed by atoms with Crippen molar-refractivity contribution in [3.05, 3.63) is 65.2 Å². The molecule has 0 amide bonds. The first-order valence-corrected chi connectivity index (χ1v) is 14.8. The monoisotopic (exact) mass is 537 g/mol. The number of methoxy groups -OCH3 is 1. The predicted molar refractivity (Wildman–Crippen MR) is 155 cm³/mol. The van der Waals surface area contributed by atoms with E-state index >= 15 is 0 Å². The van der Waals surface area contributed by atoms with Gasteiger partial charge in [-0.1, -0.05) is 62.4 Å². The van der Waals surface area contributed by atoms with Crippen LogP contribution in [0.2, 0.25) is 0 Å². The predicted octanol–water partition coefficient (Wildman–Crippen LogP) is 6.99. The van der Waals surface area contributed by atoms with Crippen LogP contribution >= 0.6 is 0 Å². The molecule has 0 N–H and O–H groups in total. The van der Waals surface area contributed by atoms with Crippen molar-refractivity contribution < 1.29 is 23.8 Å². The molecular weight excluding hydrogens is 490 g/mol. The minimum atomic E-state index is -0.326. The zero-order valence-electron chi connectivity index (χ0n) is 24.0. The van der Waals surface area contributed by atoms with Gasteiger partial charge in [0.15, 0.2) is 0 Å². The van der Waals surface area contributed by atoms with E-state index in [-0.39, 0.29) is 11.9 Å². The van der Waals surface area contributed by atoms with Crippen LogP contribution in [0.3, 0.4) is 0 Å². The number of hydrogen-bond donors (Lipinski definition) is 0. The molecule has 1 aliphatic carbocycles. The Balaban J connectivity index is 1.54. The minimum Gasteiger partial charge on any atom is -0.493 e. The second-order valence-corrected chi connectivity index (χ2v) is 10.6. The first kappa shape index (κ1) is 30.7. The summed E-state index contributed by atoms with van der Waals surface area (Å²) >= 11 is 0. The fourth-order valence-electron chi connectivity index (χ4n) is 5.39. The Morgan fingerprint density at radius 3 is 2.44 bits per heavy atom. The van der Waals surface area contributed by atoms with Crippen LogP contribution in [-0.4, -0.2) is 50.3 Å². The Kier molecular flexibility index (Phi) is 13.9. The van der Waals surface area contributed by atoms with Crippen LogP contribution in [0.15, 0.2) is 48.5 Å². The maximum atomic E-state index is 11.8. The van der Waals surface area contributed by atoms with E-state index in [0.29, 0.717) is 18.6 Å². The number of carbonyl (C=O) groups excluding carboxylic acids is 2. The molecule has 0 heterocycles. The molecule has 1 fully saturated rings. The number of benzene rings is 2. The van der Waals surface area contributed by atoms with Crippen LogP contribution in [0.1, 0.15) is 92.6 Å². The molecule has 0 unspecified atom stereocenters. The van der Waals surface area contributed by atoms with Gasteiger partial charge in [0.2, 0.25) is 0 Å². The van der Waals surface area contributed by atoms with Crippen molar-refractivity contribution in [2.45, 2.75) is 84.1 Å². The highest BCUT2D eigenvalue weighted by atomic mass is 16.5. The van der Waals surface area contributed by atoms with Gasteiger partial charge in [-0.05, 0) is 80.8 Å². The summed E-state index contributed by atoms with van der Waals surface area (Å²) in [6.07, 6.45) is 12.4. The van der Waals surface area contributed by atoms with E-state index < -0.39 is 0 Å². The summed E-state index contributed by atoms with van der Waals surface area (Å²) in [4.78, 5) is 26.0. The van der Waals surface area contributed by atoms with Crippen molar-refractivity contribution in [2.24, 2.45) is 5.92 Å². The largest absolute Gasteiger partial charge is 0.493 e. The van der Waals surface area contributed by atoms with E-state index in [4.69, 9.17) is 14.2 Å². The summed E-state index contributed by atoms with van der Waals surface area (Å²) in [6.45, 7) is 5.56. The van der Waals surface area contributed by atoms with E-state index in [1.807, 2.05) is 31.2 Å². The smallest absolute Gasteiger partial charge is 0.337 e. The number of carbonyl (C=O) groups is 2. The van der Waals surface area contributed by atoms with Gasteiger partial charge in [0.1, 0.15) is 5.75 Å². The Labute approximate surface area is 235 Å². The van der Waals surface area contributed by atoms with Crippen molar-refractivity contribution in [2.75, 3.05) is 33.4 Å². The van der Waals surface area contributed by atoms with Gasteiger partial charge in [-0.15, -0.1) is 0 Å². The summed E-state index contributed by atoms with van der Waals surface area (Å²) in [5.41, 5.74) is 2.92. The zero-order valence-corrected chi connectivity index (χ0v) is 24.0. The Hall–Kier alpha value is -2.86. The van der Waals surface area contributed by atoms with Gasteiger partial charge >= 0.3 is 11.9 Å². The molecule has 0 bridgehead atoms. The lowest BCUT2D eigenvalue weighted by atomic mass is 9.86. The van der Waals surface area contributed by atoms with E-state index in [9.17, 15) is 9.59 Å². The van der Waals surface area contributed by atoms with E-state index in [1.54, 1.807) is 0 Å². The normalized spacial score (nSPS) is 13.8. The van der Waals surface area contributed by atoms with Crippen molar-refractivity contribution in [3.63, 3.8) is 0 Å². The first-order chi connectivity index (χ1) is 19.1. The molecule has 0 aromatic heterocycles. The molecule has 39 heavy (non-hydrogen) atoms. The third-order valence-corrected chi connectivity index (χ3v) is 7.60. The lowest BCUT2D eigenvalue weighted by Crippen LogP contribution is -2.27. The molecular formula is C33H47NO5. The van der Waals surface area contributed by atoms with E-state index in [0.717, 1.165) is 69.2 Å². The molecule has 0 saturated heterocycles. The van der Waals surface area contributed by atoms with Gasteiger partial charge in [0.25, 0.3) is 0 Å². The van der Waals surface area contributed by atoms with Gasteiger partial charge in [0.05, 0.1) is 25.9 Å². The molecule has 1 saturated carbocycles. The molecule has 0 spiro atoms. The van der Waals surface area contributed by atoms with Crippen molar-refractivity contribution in [1.82, 2.24) is 4.90 Å². The fraction of sp³-hybridized carbons (Fsp3) is 0.576. The molecule has 2 aromatic rings. The maximum absolute atomic E-state index is 11.8. The Morgan fingerprint density at radius 2 is 1.69 bits per heavy atom. The molecule has 2 aromatic carbocycles. The topological polar surface area (TPSA) is 65.1 Å². The summed E-state index contributed by atoms with van der Waals surface area (Å²) in [7, 11) is 1.40. The summed E-state index contributed by atoms with van der Waals surface area (Å²) < 4.78 is 16.2. The number of ether oxygens (including phenoxy) is 3. The highest BCUT2D eigenvalue weighted by Crippen LogP contribution is 2.27.